The Morgan fingerprint density at radius 3 is 2.28 bits per heavy atom. The zero-order valence-corrected chi connectivity index (χ0v) is 31.3. The van der Waals surface area contributed by atoms with Gasteiger partial charge in [-0.2, -0.15) is 0 Å². The molecule has 4 amide bonds. The van der Waals surface area contributed by atoms with Gasteiger partial charge in [0, 0.05) is 24.4 Å². The average Bonchev–Trinajstić information content (AvgIpc) is 3.57. The smallest absolute Gasteiger partial charge is 0.306 e. The maximum Gasteiger partial charge on any atom is 0.306 e. The number of nitrogens with one attached hydrogen (secondary N) is 4. The van der Waals surface area contributed by atoms with Gasteiger partial charge >= 0.3 is 5.97 Å². The molecule has 0 aliphatic carbocycles. The third-order valence-corrected chi connectivity index (χ3v) is 10.6. The number of carbonyl (C=O) groups excluding carboxylic acids is 4. The molecule has 2 aromatic rings. The highest BCUT2D eigenvalue weighted by atomic mass is 32.1. The second-order valence-electron chi connectivity index (χ2n) is 14.1. The molecule has 1 aromatic heterocycles. The number of carboxylic acid groups (broad SMARTS) is 1. The Kier molecular flexibility index (Phi) is 15.8. The molecule has 1 aromatic carbocycles. The molecule has 13 heteroatoms. The van der Waals surface area contributed by atoms with Crippen molar-refractivity contribution in [2.75, 3.05) is 13.6 Å². The maximum absolute atomic E-state index is 13.8. The van der Waals surface area contributed by atoms with E-state index in [1.54, 1.807) is 12.3 Å². The van der Waals surface area contributed by atoms with E-state index in [4.69, 9.17) is 0 Å². The number of carbonyl (C=O) groups is 5. The Labute approximate surface area is 300 Å². The molecule has 7 unspecified atom stereocenters. The van der Waals surface area contributed by atoms with Crippen molar-refractivity contribution in [3.05, 3.63) is 52.0 Å². The van der Waals surface area contributed by atoms with Crippen molar-refractivity contribution in [2.24, 2.45) is 17.8 Å². The molecule has 1 aliphatic heterocycles. The lowest BCUT2D eigenvalue weighted by Gasteiger charge is -2.34. The molecule has 0 saturated carbocycles. The van der Waals surface area contributed by atoms with Crippen LogP contribution in [0.5, 0.6) is 0 Å². The van der Waals surface area contributed by atoms with Crippen molar-refractivity contribution < 1.29 is 29.1 Å². The van der Waals surface area contributed by atoms with Crippen molar-refractivity contribution >= 4 is 40.9 Å². The summed E-state index contributed by atoms with van der Waals surface area (Å²) < 4.78 is 0. The molecule has 0 radical (unpaired) electrons. The minimum absolute atomic E-state index is 0.0225. The summed E-state index contributed by atoms with van der Waals surface area (Å²) in [5.74, 6) is -2.85. The van der Waals surface area contributed by atoms with E-state index in [2.05, 4.69) is 26.3 Å². The Hall–Kier alpha value is -3.84. The zero-order valence-electron chi connectivity index (χ0n) is 30.5. The van der Waals surface area contributed by atoms with E-state index in [0.717, 1.165) is 31.4 Å². The fourth-order valence-corrected chi connectivity index (χ4v) is 7.14. The van der Waals surface area contributed by atoms with Crippen LogP contribution in [0.4, 0.5) is 0 Å². The molecule has 276 valence electrons. The van der Waals surface area contributed by atoms with E-state index in [1.807, 2.05) is 70.0 Å². The topological polar surface area (TPSA) is 170 Å². The molecule has 1 saturated heterocycles. The largest absolute Gasteiger partial charge is 0.481 e. The molecule has 2 heterocycles. The predicted molar refractivity (Wildman–Crippen MR) is 195 cm³/mol. The van der Waals surface area contributed by atoms with Gasteiger partial charge in [0.15, 0.2) is 0 Å². The van der Waals surface area contributed by atoms with Crippen molar-refractivity contribution in [3.8, 4) is 0 Å². The van der Waals surface area contributed by atoms with Gasteiger partial charge in [0.25, 0.3) is 5.91 Å². The van der Waals surface area contributed by atoms with Gasteiger partial charge in [0.1, 0.15) is 16.7 Å². The highest BCUT2D eigenvalue weighted by Gasteiger charge is 2.34. The minimum Gasteiger partial charge on any atom is -0.481 e. The zero-order chi connectivity index (χ0) is 37.0. The molecule has 7 atom stereocenters. The van der Waals surface area contributed by atoms with Gasteiger partial charge in [-0.05, 0) is 63.1 Å². The number of rotatable bonds is 18. The van der Waals surface area contributed by atoms with Crippen LogP contribution in [0.15, 0.2) is 35.7 Å². The number of thiazole rings is 1. The third kappa shape index (κ3) is 12.2. The Bertz CT molecular complexity index is 1430. The molecule has 5 N–H and O–H groups in total. The first-order valence-corrected chi connectivity index (χ1v) is 18.7. The van der Waals surface area contributed by atoms with E-state index in [1.165, 1.54) is 18.3 Å². The first-order chi connectivity index (χ1) is 23.7. The van der Waals surface area contributed by atoms with Crippen LogP contribution in [-0.2, 0) is 25.6 Å². The van der Waals surface area contributed by atoms with Gasteiger partial charge in [0.05, 0.1) is 18.0 Å². The SMILES string of the molecule is CCC(C)C(NC(=O)C1CCCCN1C)C(=O)NC(CC(NC(C)=O)c1nc(C(=O)NC(Cc2ccccc2)CC(C)C(=O)O)cs1)C(C)C. The summed E-state index contributed by atoms with van der Waals surface area (Å²) >= 11 is 1.23. The van der Waals surface area contributed by atoms with Crippen LogP contribution < -0.4 is 21.3 Å². The quantitative estimate of drug-likeness (QED) is 0.152. The maximum atomic E-state index is 13.8. The molecule has 12 nitrogen and oxygen atoms in total. The number of benzene rings is 1. The van der Waals surface area contributed by atoms with Gasteiger partial charge in [-0.25, -0.2) is 4.98 Å². The summed E-state index contributed by atoms with van der Waals surface area (Å²) in [5, 5.41) is 23.8. The number of likely N-dealkylation sites (N-methyl/N-ethyl adjacent to an activating group) is 1. The fraction of sp³-hybridized carbons (Fsp3) is 0.622. The average molecular weight is 713 g/mol. The summed E-state index contributed by atoms with van der Waals surface area (Å²) in [4.78, 5) is 71.2. The number of piperidine rings is 1. The number of likely N-dealkylation sites (tertiary alicyclic amines) is 1. The van der Waals surface area contributed by atoms with Crippen molar-refractivity contribution in [2.45, 2.75) is 117 Å². The molecule has 0 spiro atoms. The first-order valence-electron chi connectivity index (χ1n) is 17.8. The van der Waals surface area contributed by atoms with Gasteiger partial charge in [-0.1, -0.05) is 77.8 Å². The summed E-state index contributed by atoms with van der Waals surface area (Å²) in [6.07, 6.45) is 4.50. The number of amides is 4. The van der Waals surface area contributed by atoms with Gasteiger partial charge in [-0.3, -0.25) is 28.9 Å². The minimum atomic E-state index is -0.937. The normalized spacial score (nSPS) is 18.6. The predicted octanol–water partition coefficient (Wildman–Crippen LogP) is 4.32. The summed E-state index contributed by atoms with van der Waals surface area (Å²) in [6.45, 7) is 11.8. The van der Waals surface area contributed by atoms with Crippen molar-refractivity contribution in [1.82, 2.24) is 31.2 Å². The van der Waals surface area contributed by atoms with E-state index in [0.29, 0.717) is 24.3 Å². The standard InChI is InChI=1S/C37H56N6O6S/c1-8-23(4)32(42-34(46)31-16-12-13-17-43(31)7)35(47)40-28(22(2)3)20-29(38-25(6)44)36-41-30(21-50-36)33(45)39-27(18-24(5)37(48)49)19-26-14-10-9-11-15-26/h9-11,14-15,21-24,27-29,31-32H,8,12-13,16-20H2,1-7H3,(H,38,44)(H,39,45)(H,40,47)(H,42,46)(H,48,49). The molecule has 3 rings (SSSR count). The number of hydrogen-bond donors (Lipinski definition) is 5. The van der Waals surface area contributed by atoms with Crippen LogP contribution in [0.1, 0.15) is 107 Å². The number of carboxylic acids is 1. The third-order valence-electron chi connectivity index (χ3n) is 9.64. The first kappa shape index (κ1) is 40.6. The number of aromatic nitrogens is 1. The van der Waals surface area contributed by atoms with Crippen LogP contribution in [0.25, 0.3) is 0 Å². The fourth-order valence-electron chi connectivity index (χ4n) is 6.28. The molecule has 1 aliphatic rings. The monoisotopic (exact) mass is 712 g/mol. The lowest BCUT2D eigenvalue weighted by molar-refractivity contribution is -0.141. The van der Waals surface area contributed by atoms with Gasteiger partial charge < -0.3 is 26.4 Å². The van der Waals surface area contributed by atoms with E-state index in [-0.39, 0.29) is 53.8 Å². The Morgan fingerprint density at radius 2 is 1.68 bits per heavy atom. The Morgan fingerprint density at radius 1 is 0.980 bits per heavy atom. The highest BCUT2D eigenvalue weighted by Crippen LogP contribution is 2.26. The van der Waals surface area contributed by atoms with E-state index >= 15 is 0 Å². The summed E-state index contributed by atoms with van der Waals surface area (Å²) in [5.41, 5.74) is 1.14. The molecule has 0 bridgehead atoms. The second kappa shape index (κ2) is 19.5. The van der Waals surface area contributed by atoms with Crippen LogP contribution in [0.3, 0.4) is 0 Å². The van der Waals surface area contributed by atoms with Crippen molar-refractivity contribution in [1.29, 1.82) is 0 Å². The van der Waals surface area contributed by atoms with Crippen LogP contribution in [-0.4, -0.2) is 82.3 Å². The summed E-state index contributed by atoms with van der Waals surface area (Å²) in [7, 11) is 1.94. The molecule has 50 heavy (non-hydrogen) atoms. The molecular formula is C37H56N6O6S. The highest BCUT2D eigenvalue weighted by molar-refractivity contribution is 7.09. The van der Waals surface area contributed by atoms with Crippen LogP contribution in [0, 0.1) is 17.8 Å². The van der Waals surface area contributed by atoms with Crippen LogP contribution in [0.2, 0.25) is 0 Å². The van der Waals surface area contributed by atoms with Gasteiger partial charge in [0.2, 0.25) is 17.7 Å². The van der Waals surface area contributed by atoms with Gasteiger partial charge in [-0.15, -0.1) is 11.3 Å². The summed E-state index contributed by atoms with van der Waals surface area (Å²) in [6, 6.07) is 7.16. The van der Waals surface area contributed by atoms with Crippen molar-refractivity contribution in [3.63, 3.8) is 0 Å². The number of hydrogen-bond acceptors (Lipinski definition) is 8. The van der Waals surface area contributed by atoms with E-state index in [9.17, 15) is 29.1 Å². The molecular weight excluding hydrogens is 657 g/mol. The number of aliphatic carboxylic acids is 1. The Balaban J connectivity index is 1.76. The lowest BCUT2D eigenvalue weighted by atomic mass is 9.93. The second-order valence-corrected chi connectivity index (χ2v) is 15.0. The lowest BCUT2D eigenvalue weighted by Crippen LogP contribution is -2.57. The van der Waals surface area contributed by atoms with E-state index < -0.39 is 35.9 Å². The van der Waals surface area contributed by atoms with Crippen LogP contribution >= 0.6 is 11.3 Å². The number of nitrogens with zero attached hydrogens (tertiary/aromatic N) is 2. The molecule has 1 fully saturated rings.